The van der Waals surface area contributed by atoms with Crippen molar-refractivity contribution in [1.82, 2.24) is 9.99 Å². The summed E-state index contributed by atoms with van der Waals surface area (Å²) in [6.07, 6.45) is 3.58. The van der Waals surface area contributed by atoms with Crippen molar-refractivity contribution in [3.8, 4) is 0 Å². The molecule has 1 amide bonds. The quantitative estimate of drug-likeness (QED) is 0.523. The fourth-order valence-electron chi connectivity index (χ4n) is 3.01. The number of rotatable bonds is 7. The molecule has 0 aliphatic rings. The first-order valence-electron chi connectivity index (χ1n) is 8.92. The molecule has 26 heavy (non-hydrogen) atoms. The first-order chi connectivity index (χ1) is 12.7. The summed E-state index contributed by atoms with van der Waals surface area (Å²) in [4.78, 5) is 14.4. The lowest BCUT2D eigenvalue weighted by Gasteiger charge is -2.20. The van der Waals surface area contributed by atoms with Gasteiger partial charge in [0.15, 0.2) is 0 Å². The molecule has 5 heteroatoms. The number of carbonyl (C=O) groups excluding carboxylic acids is 1. The number of nitrogens with zero attached hydrogens (tertiary/aromatic N) is 3. The average molecular weight is 348 g/mol. The minimum absolute atomic E-state index is 0.151. The van der Waals surface area contributed by atoms with E-state index in [1.54, 1.807) is 6.21 Å². The number of hydrazone groups is 1. The van der Waals surface area contributed by atoms with Crippen molar-refractivity contribution in [3.05, 3.63) is 66.4 Å². The summed E-state index contributed by atoms with van der Waals surface area (Å²) in [5.74, 6) is -0.151. The zero-order valence-electron chi connectivity index (χ0n) is 15.2. The van der Waals surface area contributed by atoms with Crippen LogP contribution in [-0.2, 0) is 11.3 Å². The van der Waals surface area contributed by atoms with E-state index in [2.05, 4.69) is 41.4 Å². The van der Waals surface area contributed by atoms with Crippen LogP contribution in [0, 0.1) is 0 Å². The van der Waals surface area contributed by atoms with E-state index in [-0.39, 0.29) is 12.5 Å². The van der Waals surface area contributed by atoms with Gasteiger partial charge in [-0.15, -0.1) is 0 Å². The molecule has 3 rings (SSSR count). The molecule has 0 fully saturated rings. The molecule has 1 aromatic heterocycles. The highest BCUT2D eigenvalue weighted by Gasteiger charge is 2.05. The predicted molar refractivity (Wildman–Crippen MR) is 108 cm³/mol. The number of benzene rings is 2. The summed E-state index contributed by atoms with van der Waals surface area (Å²) in [5.41, 5.74) is 5.78. The number of hydrogen-bond donors (Lipinski definition) is 1. The molecule has 2 aromatic carbocycles. The van der Waals surface area contributed by atoms with Crippen molar-refractivity contribution in [2.45, 2.75) is 20.4 Å². The Labute approximate surface area is 153 Å². The number of amides is 1. The summed E-state index contributed by atoms with van der Waals surface area (Å²) < 4.78 is 1.92. The molecule has 0 unspecified atom stereocenters. The van der Waals surface area contributed by atoms with Crippen LogP contribution >= 0.6 is 0 Å². The lowest BCUT2D eigenvalue weighted by molar-refractivity contribution is -0.121. The number of hydrogen-bond acceptors (Lipinski definition) is 3. The normalized spacial score (nSPS) is 11.2. The average Bonchev–Trinajstić information content (AvgIpc) is 3.07. The Balaban J connectivity index is 1.57. The molecule has 1 N–H and O–H groups in total. The van der Waals surface area contributed by atoms with Gasteiger partial charge in [-0.05, 0) is 49.1 Å². The van der Waals surface area contributed by atoms with Crippen LogP contribution in [-0.4, -0.2) is 29.8 Å². The molecule has 0 spiro atoms. The minimum atomic E-state index is -0.151. The number of anilines is 1. The maximum absolute atomic E-state index is 12.1. The zero-order chi connectivity index (χ0) is 18.4. The standard InChI is InChI=1S/C21H24N4O/c1-3-24(4-2)19-11-9-17(10-12-19)15-22-23-21(26)16-25-14-13-18-7-5-6-8-20(18)25/h5-15H,3-4,16H2,1-2H3,(H,23,26)/b22-15-. The van der Waals surface area contributed by atoms with Gasteiger partial charge >= 0.3 is 0 Å². The van der Waals surface area contributed by atoms with Gasteiger partial charge in [0.2, 0.25) is 0 Å². The zero-order valence-corrected chi connectivity index (χ0v) is 15.2. The number of nitrogens with one attached hydrogen (secondary N) is 1. The Morgan fingerprint density at radius 3 is 2.54 bits per heavy atom. The third-order valence-corrected chi connectivity index (χ3v) is 4.42. The van der Waals surface area contributed by atoms with Crippen LogP contribution in [0.15, 0.2) is 65.9 Å². The Hall–Kier alpha value is -3.08. The molecule has 0 saturated heterocycles. The Kier molecular flexibility index (Phi) is 5.69. The van der Waals surface area contributed by atoms with Crippen LogP contribution in [0.5, 0.6) is 0 Å². The van der Waals surface area contributed by atoms with E-state index in [1.807, 2.05) is 53.2 Å². The fraction of sp³-hybridized carbons (Fsp3) is 0.238. The van der Waals surface area contributed by atoms with E-state index < -0.39 is 0 Å². The number of aromatic nitrogens is 1. The van der Waals surface area contributed by atoms with E-state index in [1.165, 1.54) is 5.69 Å². The lowest BCUT2D eigenvalue weighted by atomic mass is 10.2. The van der Waals surface area contributed by atoms with Gasteiger partial charge in [0.05, 0.1) is 6.21 Å². The molecule has 0 bridgehead atoms. The van der Waals surface area contributed by atoms with Crippen LogP contribution < -0.4 is 10.3 Å². The molecular weight excluding hydrogens is 324 g/mol. The van der Waals surface area contributed by atoms with Crippen LogP contribution in [0.25, 0.3) is 10.9 Å². The topological polar surface area (TPSA) is 49.6 Å². The van der Waals surface area contributed by atoms with Crippen molar-refractivity contribution in [3.63, 3.8) is 0 Å². The fourth-order valence-corrected chi connectivity index (χ4v) is 3.01. The van der Waals surface area contributed by atoms with Crippen LogP contribution in [0.4, 0.5) is 5.69 Å². The van der Waals surface area contributed by atoms with Crippen LogP contribution in [0.3, 0.4) is 0 Å². The molecule has 0 radical (unpaired) electrons. The first-order valence-corrected chi connectivity index (χ1v) is 8.92. The van der Waals surface area contributed by atoms with Crippen molar-refractivity contribution in [1.29, 1.82) is 0 Å². The SMILES string of the molecule is CCN(CC)c1ccc(/C=N\NC(=O)Cn2ccc3ccccc32)cc1. The van der Waals surface area contributed by atoms with E-state index >= 15 is 0 Å². The summed E-state index contributed by atoms with van der Waals surface area (Å²) in [5, 5.41) is 5.19. The maximum atomic E-state index is 12.1. The molecule has 1 heterocycles. The van der Waals surface area contributed by atoms with Gasteiger partial charge in [-0.1, -0.05) is 30.3 Å². The second-order valence-electron chi connectivity index (χ2n) is 6.06. The molecule has 134 valence electrons. The Bertz CT molecular complexity index is 892. The van der Waals surface area contributed by atoms with Gasteiger partial charge in [0, 0.05) is 30.5 Å². The second kappa shape index (κ2) is 8.34. The van der Waals surface area contributed by atoms with E-state index in [0.29, 0.717) is 0 Å². The monoisotopic (exact) mass is 348 g/mol. The second-order valence-corrected chi connectivity index (χ2v) is 6.06. The van der Waals surface area contributed by atoms with Gasteiger partial charge in [-0.2, -0.15) is 5.10 Å². The van der Waals surface area contributed by atoms with Gasteiger partial charge in [-0.3, -0.25) is 4.79 Å². The molecule has 3 aromatic rings. The highest BCUT2D eigenvalue weighted by atomic mass is 16.2. The Morgan fingerprint density at radius 1 is 1.08 bits per heavy atom. The van der Waals surface area contributed by atoms with Crippen molar-refractivity contribution >= 4 is 28.7 Å². The van der Waals surface area contributed by atoms with Gasteiger partial charge in [-0.25, -0.2) is 5.43 Å². The molecule has 5 nitrogen and oxygen atoms in total. The molecule has 0 aliphatic heterocycles. The van der Waals surface area contributed by atoms with Gasteiger partial charge in [0.1, 0.15) is 6.54 Å². The summed E-state index contributed by atoms with van der Waals surface area (Å²) >= 11 is 0. The maximum Gasteiger partial charge on any atom is 0.259 e. The summed E-state index contributed by atoms with van der Waals surface area (Å²) in [6, 6.07) is 18.1. The van der Waals surface area contributed by atoms with Crippen molar-refractivity contribution < 1.29 is 4.79 Å². The lowest BCUT2D eigenvalue weighted by Crippen LogP contribution is -2.22. The molecule has 0 aliphatic carbocycles. The third kappa shape index (κ3) is 4.11. The third-order valence-electron chi connectivity index (χ3n) is 4.42. The highest BCUT2D eigenvalue weighted by molar-refractivity contribution is 5.85. The Morgan fingerprint density at radius 2 is 1.81 bits per heavy atom. The smallest absolute Gasteiger partial charge is 0.259 e. The highest BCUT2D eigenvalue weighted by Crippen LogP contribution is 2.15. The number of para-hydroxylation sites is 1. The summed E-state index contributed by atoms with van der Waals surface area (Å²) in [6.45, 7) is 6.48. The molecule has 0 atom stereocenters. The summed E-state index contributed by atoms with van der Waals surface area (Å²) in [7, 11) is 0. The van der Waals surface area contributed by atoms with E-state index in [0.717, 1.165) is 29.6 Å². The first kappa shape index (κ1) is 17.7. The largest absolute Gasteiger partial charge is 0.372 e. The number of fused-ring (bicyclic) bond motifs is 1. The van der Waals surface area contributed by atoms with Crippen LogP contribution in [0.2, 0.25) is 0 Å². The van der Waals surface area contributed by atoms with Crippen molar-refractivity contribution in [2.75, 3.05) is 18.0 Å². The van der Waals surface area contributed by atoms with Gasteiger partial charge in [0.25, 0.3) is 5.91 Å². The predicted octanol–water partition coefficient (Wildman–Crippen LogP) is 3.64. The van der Waals surface area contributed by atoms with Crippen molar-refractivity contribution in [2.24, 2.45) is 5.10 Å². The minimum Gasteiger partial charge on any atom is -0.372 e. The van der Waals surface area contributed by atoms with E-state index in [4.69, 9.17) is 0 Å². The molecular formula is C21H24N4O. The molecule has 0 saturated carbocycles. The van der Waals surface area contributed by atoms with Crippen LogP contribution in [0.1, 0.15) is 19.4 Å². The number of carbonyl (C=O) groups is 1. The van der Waals surface area contributed by atoms with E-state index in [9.17, 15) is 4.79 Å². The van der Waals surface area contributed by atoms with Gasteiger partial charge < -0.3 is 9.47 Å².